The first-order valence-corrected chi connectivity index (χ1v) is 8.12. The lowest BCUT2D eigenvalue weighted by atomic mass is 10.1. The van der Waals surface area contributed by atoms with E-state index in [0.717, 1.165) is 5.56 Å². The molecule has 0 spiro atoms. The van der Waals surface area contributed by atoms with E-state index in [-0.39, 0.29) is 29.3 Å². The average Bonchev–Trinajstić information content (AvgIpc) is 2.64. The predicted octanol–water partition coefficient (Wildman–Crippen LogP) is 2.87. The number of hydrogen-bond donors (Lipinski definition) is 2. The summed E-state index contributed by atoms with van der Waals surface area (Å²) in [4.78, 5) is 33.6. The third-order valence-electron chi connectivity index (χ3n) is 3.72. The maximum absolute atomic E-state index is 12.2. The summed E-state index contributed by atoms with van der Waals surface area (Å²) in [5.74, 6) is -0.404. The lowest BCUT2D eigenvalue weighted by molar-refractivity contribution is -0.385. The molecule has 0 radical (unpaired) electrons. The first-order valence-electron chi connectivity index (χ1n) is 7.75. The number of rotatable bonds is 5. The van der Waals surface area contributed by atoms with Crippen molar-refractivity contribution in [1.29, 1.82) is 0 Å². The van der Waals surface area contributed by atoms with Gasteiger partial charge in [-0.1, -0.05) is 29.8 Å². The molecule has 1 aliphatic heterocycles. The third-order valence-corrected chi connectivity index (χ3v) is 3.95. The van der Waals surface area contributed by atoms with Gasteiger partial charge in [-0.25, -0.2) is 10.2 Å². The van der Waals surface area contributed by atoms with E-state index < -0.39 is 16.9 Å². The maximum atomic E-state index is 12.2. The Labute approximate surface area is 158 Å². The Hall–Kier alpha value is -3.46. The molecule has 2 amide bonds. The zero-order valence-electron chi connectivity index (χ0n) is 13.8. The van der Waals surface area contributed by atoms with E-state index in [2.05, 4.69) is 15.8 Å². The Bertz CT molecular complexity index is 943. The lowest BCUT2D eigenvalue weighted by Crippen LogP contribution is -2.30. The van der Waals surface area contributed by atoms with Crippen molar-refractivity contribution in [3.63, 3.8) is 0 Å². The first-order chi connectivity index (χ1) is 12.9. The van der Waals surface area contributed by atoms with Crippen molar-refractivity contribution >= 4 is 40.7 Å². The monoisotopic (exact) mass is 388 g/mol. The zero-order valence-corrected chi connectivity index (χ0v) is 14.5. The Balaban J connectivity index is 1.67. The molecular weight excluding hydrogens is 376 g/mol. The SMILES string of the molecule is O=C(Cc1ccc(Cl)cc1[N+](=O)[O-])Nc1ccc(C2=NNC(=O)OC2)cc1. The van der Waals surface area contributed by atoms with Crippen LogP contribution in [0.2, 0.25) is 5.02 Å². The molecule has 0 saturated heterocycles. The van der Waals surface area contributed by atoms with Gasteiger partial charge in [0.05, 0.1) is 11.3 Å². The van der Waals surface area contributed by atoms with Crippen LogP contribution in [0.5, 0.6) is 0 Å². The second-order valence-corrected chi connectivity index (χ2v) is 6.02. The Morgan fingerprint density at radius 3 is 2.67 bits per heavy atom. The smallest absolute Gasteiger partial charge is 0.428 e. The molecule has 0 atom stereocenters. The van der Waals surface area contributed by atoms with Crippen molar-refractivity contribution in [1.82, 2.24) is 5.43 Å². The summed E-state index contributed by atoms with van der Waals surface area (Å²) < 4.78 is 4.83. The molecule has 2 aromatic rings. The predicted molar refractivity (Wildman–Crippen MR) is 97.9 cm³/mol. The molecule has 0 fully saturated rings. The number of cyclic esters (lactones) is 1. The van der Waals surface area contributed by atoms with Crippen molar-refractivity contribution < 1.29 is 19.2 Å². The second-order valence-electron chi connectivity index (χ2n) is 5.58. The molecule has 1 aliphatic rings. The molecule has 2 N–H and O–H groups in total. The Kier molecular flexibility index (Phi) is 5.32. The standard InChI is InChI=1S/C17H13ClN4O5/c18-12-4-1-11(15(8-12)22(25)26)7-16(23)19-13-5-2-10(3-6-13)14-9-27-17(24)21-20-14/h1-6,8H,7,9H2,(H,19,23)(H,21,24). The van der Waals surface area contributed by atoms with Crippen molar-refractivity contribution in [2.45, 2.75) is 6.42 Å². The fraction of sp³-hybridized carbons (Fsp3) is 0.118. The molecule has 27 heavy (non-hydrogen) atoms. The lowest BCUT2D eigenvalue weighted by Gasteiger charge is -2.13. The van der Waals surface area contributed by atoms with Gasteiger partial charge in [-0.2, -0.15) is 5.10 Å². The van der Waals surface area contributed by atoms with Crippen LogP contribution in [0.3, 0.4) is 0 Å². The number of ether oxygens (including phenoxy) is 1. The van der Waals surface area contributed by atoms with E-state index in [1.807, 2.05) is 0 Å². The van der Waals surface area contributed by atoms with Crippen LogP contribution in [0.4, 0.5) is 16.2 Å². The number of hydrogen-bond acceptors (Lipinski definition) is 6. The number of nitrogens with one attached hydrogen (secondary N) is 2. The summed E-state index contributed by atoms with van der Waals surface area (Å²) in [6, 6.07) is 10.9. The summed E-state index contributed by atoms with van der Waals surface area (Å²) in [6.07, 6.45) is -0.777. The molecule has 9 nitrogen and oxygen atoms in total. The van der Waals surface area contributed by atoms with E-state index in [0.29, 0.717) is 11.4 Å². The van der Waals surface area contributed by atoms with Crippen molar-refractivity contribution in [2.75, 3.05) is 11.9 Å². The molecule has 0 aliphatic carbocycles. The van der Waals surface area contributed by atoms with Crippen LogP contribution in [0.1, 0.15) is 11.1 Å². The van der Waals surface area contributed by atoms with Crippen molar-refractivity contribution in [3.05, 3.63) is 68.7 Å². The summed E-state index contributed by atoms with van der Waals surface area (Å²) >= 11 is 5.77. The highest BCUT2D eigenvalue weighted by Gasteiger charge is 2.18. The van der Waals surface area contributed by atoms with Gasteiger partial charge in [0.2, 0.25) is 5.91 Å². The minimum absolute atomic E-state index is 0.0533. The maximum Gasteiger partial charge on any atom is 0.428 e. The Morgan fingerprint density at radius 1 is 1.30 bits per heavy atom. The number of nitro groups is 1. The highest BCUT2D eigenvalue weighted by atomic mass is 35.5. The highest BCUT2D eigenvalue weighted by Crippen LogP contribution is 2.24. The number of carbonyl (C=O) groups is 2. The van der Waals surface area contributed by atoms with Crippen molar-refractivity contribution in [2.24, 2.45) is 5.10 Å². The molecule has 0 aromatic heterocycles. The molecule has 3 rings (SSSR count). The average molecular weight is 389 g/mol. The van der Waals surface area contributed by atoms with Crippen molar-refractivity contribution in [3.8, 4) is 0 Å². The number of halogens is 1. The normalized spacial score (nSPS) is 13.2. The summed E-state index contributed by atoms with van der Waals surface area (Å²) in [5, 5.41) is 17.9. The van der Waals surface area contributed by atoms with E-state index in [4.69, 9.17) is 16.3 Å². The summed E-state index contributed by atoms with van der Waals surface area (Å²) in [6.45, 7) is 0.0533. The van der Waals surface area contributed by atoms with Crippen LogP contribution in [0.15, 0.2) is 47.6 Å². The molecule has 0 unspecified atom stereocenters. The molecule has 0 saturated carbocycles. The number of amides is 2. The second kappa shape index (κ2) is 7.83. The van der Waals surface area contributed by atoms with E-state index in [1.54, 1.807) is 24.3 Å². The van der Waals surface area contributed by atoms with E-state index in [1.165, 1.54) is 18.2 Å². The van der Waals surface area contributed by atoms with E-state index in [9.17, 15) is 19.7 Å². The molecule has 10 heteroatoms. The van der Waals surface area contributed by atoms with Gasteiger partial charge < -0.3 is 10.1 Å². The minimum atomic E-state index is -0.612. The zero-order chi connectivity index (χ0) is 19.4. The summed E-state index contributed by atoms with van der Waals surface area (Å²) in [7, 11) is 0. The number of nitro benzene ring substituents is 1. The number of hydrazone groups is 1. The van der Waals surface area contributed by atoms with Gasteiger partial charge in [-0.15, -0.1) is 0 Å². The highest BCUT2D eigenvalue weighted by molar-refractivity contribution is 6.30. The van der Waals surface area contributed by atoms with Crippen LogP contribution in [0.25, 0.3) is 0 Å². The number of benzene rings is 2. The van der Waals surface area contributed by atoms with Crippen LogP contribution < -0.4 is 10.7 Å². The molecular formula is C17H13ClN4O5. The summed E-state index contributed by atoms with van der Waals surface area (Å²) in [5.41, 5.74) is 4.06. The minimum Gasteiger partial charge on any atom is -0.442 e. The van der Waals surface area contributed by atoms with Crippen LogP contribution in [-0.2, 0) is 16.0 Å². The molecule has 138 valence electrons. The fourth-order valence-electron chi connectivity index (χ4n) is 2.44. The van der Waals surface area contributed by atoms with Gasteiger partial charge in [0.25, 0.3) is 5.69 Å². The number of anilines is 1. The topological polar surface area (TPSA) is 123 Å². The van der Waals surface area contributed by atoms with Crippen LogP contribution >= 0.6 is 11.6 Å². The van der Waals surface area contributed by atoms with Gasteiger partial charge in [-0.3, -0.25) is 14.9 Å². The Morgan fingerprint density at radius 2 is 2.04 bits per heavy atom. The van der Waals surface area contributed by atoms with Gasteiger partial charge >= 0.3 is 6.09 Å². The third kappa shape index (κ3) is 4.59. The molecule has 0 bridgehead atoms. The fourth-order valence-corrected chi connectivity index (χ4v) is 2.61. The van der Waals surface area contributed by atoms with Gasteiger partial charge in [0, 0.05) is 27.9 Å². The van der Waals surface area contributed by atoms with Gasteiger partial charge in [-0.05, 0) is 18.2 Å². The van der Waals surface area contributed by atoms with Crippen LogP contribution in [-0.4, -0.2) is 29.2 Å². The largest absolute Gasteiger partial charge is 0.442 e. The molecule has 1 heterocycles. The van der Waals surface area contributed by atoms with Crippen LogP contribution in [0, 0.1) is 10.1 Å². The molecule has 2 aromatic carbocycles. The first kappa shape index (κ1) is 18.3. The van der Waals surface area contributed by atoms with Gasteiger partial charge in [0.15, 0.2) is 0 Å². The van der Waals surface area contributed by atoms with E-state index >= 15 is 0 Å². The number of nitrogens with zero attached hydrogens (tertiary/aromatic N) is 2. The quantitative estimate of drug-likeness (QED) is 0.602. The number of carbonyl (C=O) groups excluding carboxylic acids is 2. The van der Waals surface area contributed by atoms with Gasteiger partial charge in [0.1, 0.15) is 12.3 Å².